The molecule has 1 aliphatic heterocycles. The van der Waals surface area contributed by atoms with Gasteiger partial charge in [-0.15, -0.1) is 0 Å². The molecule has 20 heavy (non-hydrogen) atoms. The highest BCUT2D eigenvalue weighted by Gasteiger charge is 2.28. The molecule has 5 heteroatoms. The maximum atomic E-state index is 5.10. The van der Waals surface area contributed by atoms with E-state index in [1.165, 1.54) is 12.1 Å². The second kappa shape index (κ2) is 6.59. The lowest BCUT2D eigenvalue weighted by Crippen LogP contribution is -2.46. The van der Waals surface area contributed by atoms with Crippen molar-refractivity contribution in [1.82, 2.24) is 15.1 Å². The molecule has 1 aromatic heterocycles. The molecule has 0 amide bonds. The number of aromatic nitrogens is 2. The van der Waals surface area contributed by atoms with Gasteiger partial charge in [-0.1, -0.05) is 20.8 Å². The molecule has 2 rings (SSSR count). The second-order valence-electron chi connectivity index (χ2n) is 6.63. The Hall–Kier alpha value is -1.07. The summed E-state index contributed by atoms with van der Waals surface area (Å²) in [6, 6.07) is 0.507. The molecular weight excluding hydrogens is 252 g/mol. The van der Waals surface area contributed by atoms with E-state index in [1.54, 1.807) is 7.11 Å². The standard InChI is InChI=1S/C15H28N4O/c1-15(2,3)14-12-18(7-5-6-16-14)13-10-17-19(11-13)8-9-20-4/h10-11,14,16H,5-9,12H2,1-4H3. The quantitative estimate of drug-likeness (QED) is 0.912. The SMILES string of the molecule is COCCn1cc(N2CCCNC(C(C)(C)C)C2)cn1. The first kappa shape index (κ1) is 15.3. The molecule has 0 radical (unpaired) electrons. The molecule has 1 saturated heterocycles. The number of anilines is 1. The molecule has 1 aliphatic rings. The average molecular weight is 280 g/mol. The van der Waals surface area contributed by atoms with Crippen LogP contribution in [0.1, 0.15) is 27.2 Å². The van der Waals surface area contributed by atoms with E-state index in [0.717, 1.165) is 26.2 Å². The zero-order valence-electron chi connectivity index (χ0n) is 13.2. The normalized spacial score (nSPS) is 21.0. The van der Waals surface area contributed by atoms with E-state index in [9.17, 15) is 0 Å². The summed E-state index contributed by atoms with van der Waals surface area (Å²) in [6.45, 7) is 11.6. The summed E-state index contributed by atoms with van der Waals surface area (Å²) in [7, 11) is 1.72. The molecule has 0 saturated carbocycles. The van der Waals surface area contributed by atoms with E-state index in [2.05, 4.69) is 42.3 Å². The number of rotatable bonds is 4. The Bertz CT molecular complexity index is 410. The summed E-state index contributed by atoms with van der Waals surface area (Å²) in [4.78, 5) is 2.45. The Kier molecular flexibility index (Phi) is 5.05. The topological polar surface area (TPSA) is 42.3 Å². The average Bonchev–Trinajstić information content (AvgIpc) is 2.70. The number of nitrogens with zero attached hydrogens (tertiary/aromatic N) is 3. The van der Waals surface area contributed by atoms with Crippen molar-refractivity contribution in [3.8, 4) is 0 Å². The van der Waals surface area contributed by atoms with Gasteiger partial charge in [0, 0.05) is 32.4 Å². The predicted molar refractivity (Wildman–Crippen MR) is 82.2 cm³/mol. The summed E-state index contributed by atoms with van der Waals surface area (Å²) in [6.07, 6.45) is 5.28. The highest BCUT2D eigenvalue weighted by Crippen LogP contribution is 2.24. The van der Waals surface area contributed by atoms with Crippen LogP contribution in [0, 0.1) is 5.41 Å². The van der Waals surface area contributed by atoms with Gasteiger partial charge < -0.3 is 15.0 Å². The highest BCUT2D eigenvalue weighted by atomic mass is 16.5. The van der Waals surface area contributed by atoms with Crippen molar-refractivity contribution in [2.24, 2.45) is 5.41 Å². The third kappa shape index (κ3) is 3.96. The van der Waals surface area contributed by atoms with E-state index < -0.39 is 0 Å². The maximum absolute atomic E-state index is 5.10. The molecule has 1 unspecified atom stereocenters. The highest BCUT2D eigenvalue weighted by molar-refractivity contribution is 5.42. The van der Waals surface area contributed by atoms with Crippen molar-refractivity contribution < 1.29 is 4.74 Å². The van der Waals surface area contributed by atoms with Crippen molar-refractivity contribution in [3.63, 3.8) is 0 Å². The molecule has 114 valence electrons. The van der Waals surface area contributed by atoms with Crippen LogP contribution < -0.4 is 10.2 Å². The van der Waals surface area contributed by atoms with Crippen LogP contribution in [0.15, 0.2) is 12.4 Å². The Balaban J connectivity index is 2.04. The van der Waals surface area contributed by atoms with Gasteiger partial charge in [0.1, 0.15) is 0 Å². The fraction of sp³-hybridized carbons (Fsp3) is 0.800. The molecule has 1 aromatic rings. The summed E-state index contributed by atoms with van der Waals surface area (Å²) in [5.74, 6) is 0. The third-order valence-corrected chi connectivity index (χ3v) is 3.95. The van der Waals surface area contributed by atoms with E-state index in [-0.39, 0.29) is 5.41 Å². The van der Waals surface area contributed by atoms with Gasteiger partial charge in [-0.05, 0) is 18.4 Å². The van der Waals surface area contributed by atoms with Crippen molar-refractivity contribution in [3.05, 3.63) is 12.4 Å². The van der Waals surface area contributed by atoms with Crippen LogP contribution >= 0.6 is 0 Å². The minimum Gasteiger partial charge on any atom is -0.383 e. The summed E-state index contributed by atoms with van der Waals surface area (Å²) in [5.41, 5.74) is 1.49. The minimum absolute atomic E-state index is 0.272. The Morgan fingerprint density at radius 2 is 2.25 bits per heavy atom. The van der Waals surface area contributed by atoms with Gasteiger partial charge in [0.05, 0.1) is 25.0 Å². The van der Waals surface area contributed by atoms with E-state index >= 15 is 0 Å². The van der Waals surface area contributed by atoms with Gasteiger partial charge in [0.25, 0.3) is 0 Å². The van der Waals surface area contributed by atoms with E-state index in [0.29, 0.717) is 12.6 Å². The first-order chi connectivity index (χ1) is 9.50. The van der Waals surface area contributed by atoms with Crippen LogP contribution in [0.4, 0.5) is 5.69 Å². The van der Waals surface area contributed by atoms with Crippen LogP contribution in [-0.4, -0.2) is 49.2 Å². The van der Waals surface area contributed by atoms with Crippen molar-refractivity contribution in [2.75, 3.05) is 38.3 Å². The molecule has 1 N–H and O–H groups in total. The number of hydrogen-bond acceptors (Lipinski definition) is 4. The van der Waals surface area contributed by atoms with Crippen LogP contribution in [0.5, 0.6) is 0 Å². The summed E-state index contributed by atoms with van der Waals surface area (Å²) in [5, 5.41) is 8.09. The Morgan fingerprint density at radius 3 is 2.95 bits per heavy atom. The third-order valence-electron chi connectivity index (χ3n) is 3.95. The zero-order valence-corrected chi connectivity index (χ0v) is 13.2. The van der Waals surface area contributed by atoms with Crippen molar-refractivity contribution in [1.29, 1.82) is 0 Å². The van der Waals surface area contributed by atoms with E-state index in [4.69, 9.17) is 4.74 Å². The first-order valence-electron chi connectivity index (χ1n) is 7.50. The fourth-order valence-corrected chi connectivity index (χ4v) is 2.56. The monoisotopic (exact) mass is 280 g/mol. The first-order valence-corrected chi connectivity index (χ1v) is 7.50. The smallest absolute Gasteiger partial charge is 0.0753 e. The van der Waals surface area contributed by atoms with Gasteiger partial charge >= 0.3 is 0 Å². The number of hydrogen-bond donors (Lipinski definition) is 1. The molecule has 0 bridgehead atoms. The van der Waals surface area contributed by atoms with Gasteiger partial charge in [-0.25, -0.2) is 0 Å². The molecule has 2 heterocycles. The Labute approximate surface area is 122 Å². The van der Waals surface area contributed by atoms with Crippen molar-refractivity contribution in [2.45, 2.75) is 39.8 Å². The van der Waals surface area contributed by atoms with Crippen LogP contribution in [0.3, 0.4) is 0 Å². The van der Waals surface area contributed by atoms with Crippen LogP contribution in [-0.2, 0) is 11.3 Å². The largest absolute Gasteiger partial charge is 0.383 e. The molecule has 0 spiro atoms. The van der Waals surface area contributed by atoms with Gasteiger partial charge in [-0.2, -0.15) is 5.10 Å². The maximum Gasteiger partial charge on any atom is 0.0753 e. The zero-order chi connectivity index (χ0) is 14.6. The van der Waals surface area contributed by atoms with Crippen molar-refractivity contribution >= 4 is 5.69 Å². The number of ether oxygens (including phenoxy) is 1. The molecule has 0 aromatic carbocycles. The lowest BCUT2D eigenvalue weighted by molar-refractivity contribution is 0.183. The Morgan fingerprint density at radius 1 is 1.45 bits per heavy atom. The fourth-order valence-electron chi connectivity index (χ4n) is 2.56. The summed E-state index contributed by atoms with van der Waals surface area (Å²) < 4.78 is 7.06. The molecule has 1 atom stereocenters. The van der Waals surface area contributed by atoms with Crippen LogP contribution in [0.25, 0.3) is 0 Å². The lowest BCUT2D eigenvalue weighted by Gasteiger charge is -2.34. The molecule has 0 aliphatic carbocycles. The lowest BCUT2D eigenvalue weighted by atomic mass is 9.86. The van der Waals surface area contributed by atoms with Gasteiger partial charge in [-0.3, -0.25) is 4.68 Å². The van der Waals surface area contributed by atoms with Gasteiger partial charge in [0.15, 0.2) is 0 Å². The number of methoxy groups -OCH3 is 1. The minimum atomic E-state index is 0.272. The molecular formula is C15H28N4O. The number of nitrogens with one attached hydrogen (secondary N) is 1. The van der Waals surface area contributed by atoms with E-state index in [1.807, 2.05) is 10.9 Å². The predicted octanol–water partition coefficient (Wildman–Crippen LogP) is 1.74. The molecule has 5 nitrogen and oxygen atoms in total. The second-order valence-corrected chi connectivity index (χ2v) is 6.63. The summed E-state index contributed by atoms with van der Waals surface area (Å²) >= 11 is 0. The van der Waals surface area contributed by atoms with Gasteiger partial charge in [0.2, 0.25) is 0 Å². The molecule has 1 fully saturated rings. The van der Waals surface area contributed by atoms with Crippen LogP contribution in [0.2, 0.25) is 0 Å².